The fourth-order valence-corrected chi connectivity index (χ4v) is 10.9. The Morgan fingerprint density at radius 2 is 0.917 bits per heavy atom. The molecule has 10 rings (SSSR count). The lowest BCUT2D eigenvalue weighted by Crippen LogP contribution is -2.44. The molecular formula is C72H78N8O12P2S2. The maximum absolute atomic E-state index is 12.6. The number of rotatable bonds is 20. The van der Waals surface area contributed by atoms with E-state index in [4.69, 9.17) is 21.7 Å². The number of amides is 3. The highest BCUT2D eigenvalue weighted by Crippen LogP contribution is 2.30. The Morgan fingerprint density at radius 1 is 0.542 bits per heavy atom. The van der Waals surface area contributed by atoms with Gasteiger partial charge in [-0.15, -0.1) is 0 Å². The van der Waals surface area contributed by atoms with Gasteiger partial charge in [0, 0.05) is 42.4 Å². The molecule has 0 aromatic heterocycles. The number of likely N-dealkylation sites (N-methyl/N-ethyl adjacent to an activating group) is 1. The first-order valence-corrected chi connectivity index (χ1v) is 35.0. The number of likely N-dealkylation sites (tertiary alicyclic amines) is 2. The fraction of sp³-hybridized carbons (Fsp3) is 0.264. The van der Waals surface area contributed by atoms with Gasteiger partial charge < -0.3 is 45.6 Å². The number of nitro benzene ring substituents is 2. The van der Waals surface area contributed by atoms with Gasteiger partial charge in [-0.3, -0.25) is 44.2 Å². The maximum Gasteiger partial charge on any atom is 0.315 e. The largest absolute Gasteiger partial charge is 0.502 e. The normalized spacial score (nSPS) is 13.0. The molecule has 8 aromatic rings. The molecule has 0 saturated carbocycles. The lowest BCUT2D eigenvalue weighted by Gasteiger charge is -2.35. The van der Waals surface area contributed by atoms with Crippen LogP contribution in [0, 0.1) is 20.2 Å². The third kappa shape index (κ3) is 25.4. The number of piperidine rings is 2. The summed E-state index contributed by atoms with van der Waals surface area (Å²) in [7, 11) is 9.47. The Hall–Kier alpha value is -9.37. The van der Waals surface area contributed by atoms with Crippen LogP contribution in [0.25, 0.3) is 33.4 Å². The standard InChI is InChI=1S/C22H17N2O5PS.C21H26N2O.C14H12O2.C8H7N2O4PS.C7H16N2/c25-21(12-15-6-8-17(9-7-15)16-4-2-1-3-5-16)29-20-11-10-18(13-19(20)24(27)28)22(26)23-14-30-31;1-22-14-12-20(13-15-22)23(2)21(24)16-17-8-10-19(11-9-17)18-6-4-3-5-7-18;15-14(16)10-11-6-8-13(9-7-11)12-4-2-1-3-5-12;11-7-2-1-5(3-6(7)10(13)14)8(12)9-4-15-16;1-8-7-3-5-9(2)6-4-7/h1-11,13H,12,14H2,(H,23,26);3-11,20H,12-16H2,1-2H3;1-9H,10H2,(H,15,16);1-3,11H,4H2,(H,9,12);7-8H,3-6H2,1-2H3. The number of nitrogens with zero attached hydrogens (tertiary/aromatic N) is 5. The van der Waals surface area contributed by atoms with E-state index in [0.717, 1.165) is 83.6 Å². The summed E-state index contributed by atoms with van der Waals surface area (Å²) < 4.78 is 5.21. The summed E-state index contributed by atoms with van der Waals surface area (Å²) in [6, 6.07) is 61.8. The van der Waals surface area contributed by atoms with Crippen LogP contribution >= 0.6 is 14.7 Å². The maximum atomic E-state index is 12.6. The highest BCUT2D eigenvalue weighted by molar-refractivity contribution is 7.96. The van der Waals surface area contributed by atoms with Crippen LogP contribution in [0.3, 0.4) is 0 Å². The first-order valence-electron chi connectivity index (χ1n) is 30.8. The number of aromatic hydroxyl groups is 1. The number of carboxylic acids is 1. The molecule has 500 valence electrons. The van der Waals surface area contributed by atoms with Crippen molar-refractivity contribution in [2.75, 3.05) is 66.9 Å². The lowest BCUT2D eigenvalue weighted by atomic mass is 10.0. The molecule has 0 aliphatic carbocycles. The zero-order valence-electron chi connectivity index (χ0n) is 53.8. The SMILES string of the molecule is CN1CCC(N(C)C(=O)Cc2ccc(-c3ccccc3)cc2)CC1.CNC1CCN(C)CC1.O=C(Cc1ccc(-c2ccccc2)cc1)Oc1ccc(C(=O)NCP=S)cc1[N+](=O)[O-].O=C(NCP=S)c1ccc(O)c([N+](=O)[O-])c1.O=C(O)Cc1ccc(-c2ccccc2)cc1. The van der Waals surface area contributed by atoms with Crippen molar-refractivity contribution in [2.45, 2.75) is 57.0 Å². The van der Waals surface area contributed by atoms with E-state index in [2.05, 4.69) is 95.1 Å². The van der Waals surface area contributed by atoms with Crippen LogP contribution in [0.15, 0.2) is 200 Å². The van der Waals surface area contributed by atoms with Crippen LogP contribution in [0.2, 0.25) is 0 Å². The summed E-state index contributed by atoms with van der Waals surface area (Å²) in [6.07, 6.45) is 5.83. The Morgan fingerprint density at radius 3 is 1.31 bits per heavy atom. The molecule has 0 atom stereocenters. The van der Waals surface area contributed by atoms with Gasteiger partial charge in [-0.2, -0.15) is 0 Å². The predicted molar refractivity (Wildman–Crippen MR) is 384 cm³/mol. The number of carbonyl (C=O) groups is 5. The van der Waals surface area contributed by atoms with Gasteiger partial charge in [0.05, 0.1) is 41.7 Å². The molecule has 24 heteroatoms. The van der Waals surface area contributed by atoms with Gasteiger partial charge >= 0.3 is 23.3 Å². The topological polar surface area (TPSA) is 267 Å². The Kier molecular flexibility index (Phi) is 31.6. The van der Waals surface area contributed by atoms with E-state index in [9.17, 15) is 49.3 Å². The van der Waals surface area contributed by atoms with E-state index in [1.807, 2.05) is 139 Å². The Balaban J connectivity index is 0.000000200. The van der Waals surface area contributed by atoms with Gasteiger partial charge in [-0.25, -0.2) is 0 Å². The highest BCUT2D eigenvalue weighted by Gasteiger charge is 2.25. The number of carbonyl (C=O) groups excluding carboxylic acids is 4. The zero-order chi connectivity index (χ0) is 69.4. The molecule has 0 radical (unpaired) electrons. The smallest absolute Gasteiger partial charge is 0.315 e. The molecule has 2 aliphatic rings. The van der Waals surface area contributed by atoms with Crippen molar-refractivity contribution in [3.63, 3.8) is 0 Å². The van der Waals surface area contributed by atoms with Crippen molar-refractivity contribution in [1.29, 1.82) is 0 Å². The first kappa shape index (κ1) is 75.7. The van der Waals surface area contributed by atoms with Crippen molar-refractivity contribution in [1.82, 2.24) is 30.7 Å². The molecule has 0 unspecified atom stereocenters. The fourth-order valence-electron chi connectivity index (χ4n) is 10.1. The number of nitro groups is 2. The minimum absolute atomic E-state index is 0.0492. The number of phenols is 1. The summed E-state index contributed by atoms with van der Waals surface area (Å²) in [5.41, 5.74) is 8.58. The number of ether oxygens (including phenoxy) is 1. The number of benzene rings is 8. The summed E-state index contributed by atoms with van der Waals surface area (Å²) in [5.74, 6) is -2.85. The second-order valence-corrected chi connectivity index (χ2v) is 25.2. The van der Waals surface area contributed by atoms with Crippen LogP contribution < -0.4 is 20.7 Å². The van der Waals surface area contributed by atoms with E-state index < -0.39 is 50.7 Å². The monoisotopic (exact) mass is 1370 g/mol. The van der Waals surface area contributed by atoms with Crippen LogP contribution in [0.5, 0.6) is 11.5 Å². The molecule has 2 aliphatic heterocycles. The summed E-state index contributed by atoms with van der Waals surface area (Å²) in [5, 5.41) is 48.0. The van der Waals surface area contributed by atoms with Crippen LogP contribution in [-0.2, 0) is 57.3 Å². The number of carboxylic acid groups (broad SMARTS) is 1. The average Bonchev–Trinajstić information content (AvgIpc) is 0.869. The number of phenolic OH excluding ortho intramolecular Hbond substituents is 1. The lowest BCUT2D eigenvalue weighted by molar-refractivity contribution is -0.385. The van der Waals surface area contributed by atoms with E-state index in [0.29, 0.717) is 39.0 Å². The number of hydrogen-bond donors (Lipinski definition) is 5. The second kappa shape index (κ2) is 40.1. The minimum atomic E-state index is -0.799. The van der Waals surface area contributed by atoms with Crippen molar-refractivity contribution in [3.05, 3.63) is 248 Å². The third-order valence-corrected chi connectivity index (χ3v) is 17.0. The molecule has 20 nitrogen and oxygen atoms in total. The quantitative estimate of drug-likeness (QED) is 0.0156. The number of aliphatic carboxylic acids is 1. The average molecular weight is 1370 g/mol. The van der Waals surface area contributed by atoms with Crippen LogP contribution in [0.1, 0.15) is 63.1 Å². The first-order chi connectivity index (χ1) is 46.2. The molecule has 2 fully saturated rings. The molecule has 8 aromatic carbocycles. The van der Waals surface area contributed by atoms with Crippen molar-refractivity contribution < 1.29 is 48.8 Å². The van der Waals surface area contributed by atoms with Crippen LogP contribution in [0.4, 0.5) is 11.4 Å². The van der Waals surface area contributed by atoms with Gasteiger partial charge in [0.25, 0.3) is 11.8 Å². The number of hydrogen-bond acceptors (Lipinski definition) is 16. The van der Waals surface area contributed by atoms with E-state index in [1.54, 1.807) is 0 Å². The van der Waals surface area contributed by atoms with Gasteiger partial charge in [0.15, 0.2) is 5.75 Å². The molecule has 2 heterocycles. The second-order valence-electron chi connectivity index (χ2n) is 22.5. The number of esters is 1. The molecule has 3 amide bonds. The van der Waals surface area contributed by atoms with Crippen molar-refractivity contribution in [2.24, 2.45) is 0 Å². The predicted octanol–water partition coefficient (Wildman–Crippen LogP) is 12.6. The summed E-state index contributed by atoms with van der Waals surface area (Å²) in [6.45, 7) is 4.67. The molecular weight excluding hydrogens is 1290 g/mol. The van der Waals surface area contributed by atoms with Gasteiger partial charge in [0.2, 0.25) is 11.7 Å². The summed E-state index contributed by atoms with van der Waals surface area (Å²) in [4.78, 5) is 85.9. The third-order valence-electron chi connectivity index (χ3n) is 15.7. The molecule has 0 spiro atoms. The molecule has 96 heavy (non-hydrogen) atoms. The molecule has 0 bridgehead atoms. The Labute approximate surface area is 572 Å². The molecule has 5 N–H and O–H groups in total. The van der Waals surface area contributed by atoms with Gasteiger partial charge in [-0.1, -0.05) is 187 Å². The van der Waals surface area contributed by atoms with E-state index in [1.165, 1.54) is 55.3 Å². The minimum Gasteiger partial charge on any atom is -0.502 e. The van der Waals surface area contributed by atoms with E-state index in [-0.39, 0.29) is 41.9 Å². The summed E-state index contributed by atoms with van der Waals surface area (Å²) >= 11 is 9.35. The van der Waals surface area contributed by atoms with Crippen molar-refractivity contribution >= 4 is 79.4 Å². The van der Waals surface area contributed by atoms with Gasteiger partial charge in [-0.05, 0) is 162 Å². The van der Waals surface area contributed by atoms with Gasteiger partial charge in [0.1, 0.15) is 0 Å². The Bertz CT molecular complexity index is 3850. The zero-order valence-corrected chi connectivity index (χ0v) is 57.2. The van der Waals surface area contributed by atoms with Crippen LogP contribution in [-0.4, -0.2) is 143 Å². The number of nitrogens with one attached hydrogen (secondary N) is 3. The highest BCUT2D eigenvalue weighted by atomic mass is 32.4. The van der Waals surface area contributed by atoms with Crippen molar-refractivity contribution in [3.8, 4) is 44.9 Å². The van der Waals surface area contributed by atoms with E-state index >= 15 is 0 Å². The molecule has 2 saturated heterocycles.